The number of carbonyl (C=O) groups excluding carboxylic acids is 1. The molecule has 1 rings (SSSR count). The van der Waals surface area contributed by atoms with Gasteiger partial charge in [-0.3, -0.25) is 4.79 Å². The van der Waals surface area contributed by atoms with Crippen LogP contribution in [0.25, 0.3) is 0 Å². The molecule has 0 bridgehead atoms. The van der Waals surface area contributed by atoms with Crippen molar-refractivity contribution in [2.24, 2.45) is 0 Å². The van der Waals surface area contributed by atoms with E-state index in [9.17, 15) is 4.79 Å². The number of rotatable bonds is 8. The lowest BCUT2D eigenvalue weighted by Gasteiger charge is -2.16. The van der Waals surface area contributed by atoms with E-state index in [-0.39, 0.29) is 18.3 Å². The van der Waals surface area contributed by atoms with Crippen molar-refractivity contribution in [3.05, 3.63) is 0 Å². The largest absolute Gasteiger partial charge is 0.381 e. The van der Waals surface area contributed by atoms with E-state index in [1.807, 2.05) is 6.92 Å². The van der Waals surface area contributed by atoms with Crippen LogP contribution in [0.2, 0.25) is 0 Å². The topological polar surface area (TPSA) is 50.4 Å². The van der Waals surface area contributed by atoms with Crippen LogP contribution >= 0.6 is 12.4 Å². The maximum atomic E-state index is 11.4. The molecule has 0 spiro atoms. The molecule has 0 atom stereocenters. The molecule has 1 fully saturated rings. The van der Waals surface area contributed by atoms with Crippen molar-refractivity contribution in [2.45, 2.75) is 57.9 Å². The second-order valence-corrected chi connectivity index (χ2v) is 4.94. The van der Waals surface area contributed by atoms with Crippen LogP contribution in [0.5, 0.6) is 0 Å². The highest BCUT2D eigenvalue weighted by molar-refractivity contribution is 5.85. The lowest BCUT2D eigenvalue weighted by molar-refractivity contribution is -0.122. The summed E-state index contributed by atoms with van der Waals surface area (Å²) >= 11 is 0. The summed E-state index contributed by atoms with van der Waals surface area (Å²) in [4.78, 5) is 11.4. The van der Waals surface area contributed by atoms with Gasteiger partial charge >= 0.3 is 0 Å². The second kappa shape index (κ2) is 12.7. The monoisotopic (exact) mass is 292 g/mol. The molecule has 19 heavy (non-hydrogen) atoms. The molecular weight excluding hydrogens is 264 g/mol. The minimum absolute atomic E-state index is 0. The van der Waals surface area contributed by atoms with Crippen molar-refractivity contribution >= 4 is 18.3 Å². The van der Waals surface area contributed by atoms with Gasteiger partial charge in [-0.25, -0.2) is 0 Å². The molecule has 0 unspecified atom stereocenters. The zero-order valence-corrected chi connectivity index (χ0v) is 12.9. The first kappa shape index (κ1) is 18.7. The molecule has 0 aromatic heterocycles. The molecule has 1 amide bonds. The highest BCUT2D eigenvalue weighted by Gasteiger charge is 2.10. The maximum Gasteiger partial charge on any atom is 0.222 e. The van der Waals surface area contributed by atoms with Gasteiger partial charge in [0.15, 0.2) is 0 Å². The van der Waals surface area contributed by atoms with Gasteiger partial charge in [-0.05, 0) is 19.8 Å². The van der Waals surface area contributed by atoms with E-state index in [2.05, 4.69) is 10.6 Å². The van der Waals surface area contributed by atoms with Gasteiger partial charge in [0.05, 0.1) is 6.61 Å². The number of halogens is 1. The molecule has 0 saturated heterocycles. The third-order valence-corrected chi connectivity index (χ3v) is 3.41. The van der Waals surface area contributed by atoms with Crippen LogP contribution in [0.1, 0.15) is 51.9 Å². The lowest BCUT2D eigenvalue weighted by Crippen LogP contribution is -2.37. The first-order chi connectivity index (χ1) is 8.83. The number of nitrogens with one attached hydrogen (secondary N) is 2. The Kier molecular flexibility index (Phi) is 12.5. The predicted molar refractivity (Wildman–Crippen MR) is 80.9 cm³/mol. The standard InChI is InChI=1S/C14H28N2O2.ClH/c1-2-18-12-9-14(17)16-11-10-15-13-7-5-3-4-6-8-13;/h13,15H,2-12H2,1H3,(H,16,17);1H. The number of hydrogen-bond donors (Lipinski definition) is 2. The second-order valence-electron chi connectivity index (χ2n) is 4.94. The molecule has 0 aliphatic heterocycles. The van der Waals surface area contributed by atoms with Crippen molar-refractivity contribution in [1.82, 2.24) is 10.6 Å². The summed E-state index contributed by atoms with van der Waals surface area (Å²) in [5.74, 6) is 0.0890. The molecule has 1 aliphatic rings. The molecule has 5 heteroatoms. The summed E-state index contributed by atoms with van der Waals surface area (Å²) in [7, 11) is 0. The fraction of sp³-hybridized carbons (Fsp3) is 0.929. The summed E-state index contributed by atoms with van der Waals surface area (Å²) in [5, 5.41) is 6.45. The summed E-state index contributed by atoms with van der Waals surface area (Å²) in [5.41, 5.74) is 0. The quantitative estimate of drug-likeness (QED) is 0.533. The van der Waals surface area contributed by atoms with Crippen LogP contribution in [0, 0.1) is 0 Å². The van der Waals surface area contributed by atoms with Gasteiger partial charge in [0.25, 0.3) is 0 Å². The Balaban J connectivity index is 0.00000324. The van der Waals surface area contributed by atoms with Crippen LogP contribution in [-0.4, -0.2) is 38.3 Å². The predicted octanol–water partition coefficient (Wildman–Crippen LogP) is 2.26. The van der Waals surface area contributed by atoms with Crippen LogP contribution in [0.15, 0.2) is 0 Å². The van der Waals surface area contributed by atoms with Gasteiger partial charge in [-0.15, -0.1) is 12.4 Å². The van der Waals surface area contributed by atoms with E-state index in [4.69, 9.17) is 4.74 Å². The summed E-state index contributed by atoms with van der Waals surface area (Å²) < 4.78 is 5.14. The Morgan fingerprint density at radius 2 is 1.84 bits per heavy atom. The Morgan fingerprint density at radius 1 is 1.16 bits per heavy atom. The molecule has 0 aromatic rings. The van der Waals surface area contributed by atoms with Gasteiger partial charge in [0, 0.05) is 32.2 Å². The van der Waals surface area contributed by atoms with E-state index in [0.29, 0.717) is 25.7 Å². The molecule has 4 nitrogen and oxygen atoms in total. The Morgan fingerprint density at radius 3 is 2.47 bits per heavy atom. The van der Waals surface area contributed by atoms with E-state index >= 15 is 0 Å². The normalized spacial score (nSPS) is 16.5. The number of hydrogen-bond acceptors (Lipinski definition) is 3. The lowest BCUT2D eigenvalue weighted by atomic mass is 10.1. The Bertz CT molecular complexity index is 219. The molecule has 0 aromatic carbocycles. The third kappa shape index (κ3) is 10.2. The molecule has 0 radical (unpaired) electrons. The molecular formula is C14H29ClN2O2. The van der Waals surface area contributed by atoms with Crippen LogP contribution in [0.4, 0.5) is 0 Å². The summed E-state index contributed by atoms with van der Waals surface area (Å²) in [6.07, 6.45) is 8.50. The third-order valence-electron chi connectivity index (χ3n) is 3.41. The maximum absolute atomic E-state index is 11.4. The fourth-order valence-electron chi connectivity index (χ4n) is 2.36. The van der Waals surface area contributed by atoms with Crippen molar-refractivity contribution < 1.29 is 9.53 Å². The van der Waals surface area contributed by atoms with E-state index < -0.39 is 0 Å². The average molecular weight is 293 g/mol. The number of amides is 1. The fourth-order valence-corrected chi connectivity index (χ4v) is 2.36. The minimum atomic E-state index is 0. The SMILES string of the molecule is CCOCCC(=O)NCCNC1CCCCCC1.Cl. The van der Waals surface area contributed by atoms with Crippen LogP contribution < -0.4 is 10.6 Å². The van der Waals surface area contributed by atoms with Gasteiger partial charge in [0.1, 0.15) is 0 Å². The van der Waals surface area contributed by atoms with Crippen molar-refractivity contribution in [2.75, 3.05) is 26.3 Å². The zero-order chi connectivity index (χ0) is 13.1. The first-order valence-electron chi connectivity index (χ1n) is 7.40. The van der Waals surface area contributed by atoms with E-state index in [0.717, 1.165) is 13.1 Å². The summed E-state index contributed by atoms with van der Waals surface area (Å²) in [6.45, 7) is 4.75. The van der Waals surface area contributed by atoms with Crippen LogP contribution in [0.3, 0.4) is 0 Å². The highest BCUT2D eigenvalue weighted by Crippen LogP contribution is 2.16. The van der Waals surface area contributed by atoms with E-state index in [1.165, 1.54) is 38.5 Å². The van der Waals surface area contributed by atoms with E-state index in [1.54, 1.807) is 0 Å². The van der Waals surface area contributed by atoms with Gasteiger partial charge in [0.2, 0.25) is 5.91 Å². The van der Waals surface area contributed by atoms with Gasteiger partial charge in [-0.2, -0.15) is 0 Å². The highest BCUT2D eigenvalue weighted by atomic mass is 35.5. The van der Waals surface area contributed by atoms with Crippen molar-refractivity contribution in [3.63, 3.8) is 0 Å². The average Bonchev–Trinajstić information content (AvgIpc) is 2.63. The van der Waals surface area contributed by atoms with Gasteiger partial charge in [-0.1, -0.05) is 25.7 Å². The van der Waals surface area contributed by atoms with Crippen molar-refractivity contribution in [1.29, 1.82) is 0 Å². The number of carbonyl (C=O) groups is 1. The first-order valence-corrected chi connectivity index (χ1v) is 7.40. The molecule has 1 saturated carbocycles. The van der Waals surface area contributed by atoms with Gasteiger partial charge < -0.3 is 15.4 Å². The molecule has 2 N–H and O–H groups in total. The number of ether oxygens (including phenoxy) is 1. The minimum Gasteiger partial charge on any atom is -0.381 e. The van der Waals surface area contributed by atoms with Crippen LogP contribution in [-0.2, 0) is 9.53 Å². The smallest absolute Gasteiger partial charge is 0.222 e. The Labute approximate surface area is 123 Å². The molecule has 0 heterocycles. The zero-order valence-electron chi connectivity index (χ0n) is 12.1. The molecule has 114 valence electrons. The Hall–Kier alpha value is -0.320. The van der Waals surface area contributed by atoms with Crippen molar-refractivity contribution in [3.8, 4) is 0 Å². The molecule has 1 aliphatic carbocycles. The summed E-state index contributed by atoms with van der Waals surface area (Å²) in [6, 6.07) is 0.660.